The van der Waals surface area contributed by atoms with Crippen LogP contribution >= 0.6 is 0 Å². The molecule has 1 amide bonds. The number of carbonyl (C=O) groups is 4. The summed E-state index contributed by atoms with van der Waals surface area (Å²) in [5, 5.41) is 20.8. The highest BCUT2D eigenvalue weighted by molar-refractivity contribution is 5.77. The topological polar surface area (TPSA) is 134 Å². The molecule has 28 heavy (non-hydrogen) atoms. The second-order valence-electron chi connectivity index (χ2n) is 6.76. The number of aliphatic carboxylic acids is 2. The van der Waals surface area contributed by atoms with Gasteiger partial charge in [0.05, 0.1) is 26.2 Å². The van der Waals surface area contributed by atoms with Gasteiger partial charge in [0, 0.05) is 59.4 Å². The van der Waals surface area contributed by atoms with E-state index in [0.29, 0.717) is 52.4 Å². The third-order valence-electron chi connectivity index (χ3n) is 4.63. The minimum atomic E-state index is -0.952. The van der Waals surface area contributed by atoms with E-state index >= 15 is 0 Å². The molecule has 1 rings (SSSR count). The molecule has 0 aromatic carbocycles. The number of amides is 1. The lowest BCUT2D eigenvalue weighted by molar-refractivity contribution is -0.140. The number of hydrogen-bond donors (Lipinski definition) is 3. The molecule has 1 aliphatic rings. The number of hydrogen-bond acceptors (Lipinski definition) is 8. The van der Waals surface area contributed by atoms with Gasteiger partial charge in [-0.1, -0.05) is 0 Å². The van der Waals surface area contributed by atoms with Gasteiger partial charge in [0.25, 0.3) is 0 Å². The summed E-state index contributed by atoms with van der Waals surface area (Å²) >= 11 is 0. The molecule has 11 heteroatoms. The van der Waals surface area contributed by atoms with Crippen LogP contribution in [-0.2, 0) is 19.2 Å². The molecule has 0 radical (unpaired) electrons. The van der Waals surface area contributed by atoms with Gasteiger partial charge in [0.2, 0.25) is 5.91 Å². The summed E-state index contributed by atoms with van der Waals surface area (Å²) in [5.41, 5.74) is 0. The maximum absolute atomic E-state index is 11.8. The molecular weight excluding hydrogens is 370 g/mol. The van der Waals surface area contributed by atoms with Crippen LogP contribution in [0.2, 0.25) is 0 Å². The highest BCUT2D eigenvalue weighted by atomic mass is 16.4. The number of nitrogens with zero attached hydrogens (tertiary/aromatic N) is 4. The van der Waals surface area contributed by atoms with Crippen LogP contribution in [0.4, 0.5) is 0 Å². The number of carboxylic acids is 2. The van der Waals surface area contributed by atoms with Crippen LogP contribution in [0.15, 0.2) is 0 Å². The third kappa shape index (κ3) is 10.3. The molecule has 0 saturated carbocycles. The Hall–Kier alpha value is -2.08. The van der Waals surface area contributed by atoms with E-state index in [9.17, 15) is 19.2 Å². The number of carboxylic acid groups (broad SMARTS) is 2. The molecule has 11 nitrogen and oxygen atoms in total. The Labute approximate surface area is 164 Å². The van der Waals surface area contributed by atoms with Gasteiger partial charge in [-0.25, -0.2) is 0 Å². The van der Waals surface area contributed by atoms with Gasteiger partial charge in [-0.2, -0.15) is 0 Å². The molecule has 0 bridgehead atoms. The van der Waals surface area contributed by atoms with Gasteiger partial charge in [-0.15, -0.1) is 0 Å². The van der Waals surface area contributed by atoms with Crippen molar-refractivity contribution in [2.24, 2.45) is 0 Å². The van der Waals surface area contributed by atoms with Crippen molar-refractivity contribution in [3.63, 3.8) is 0 Å². The van der Waals surface area contributed by atoms with Crippen molar-refractivity contribution in [3.8, 4) is 0 Å². The van der Waals surface area contributed by atoms with E-state index in [1.165, 1.54) is 0 Å². The third-order valence-corrected chi connectivity index (χ3v) is 4.63. The summed E-state index contributed by atoms with van der Waals surface area (Å²) in [6, 6.07) is 0. The lowest BCUT2D eigenvalue weighted by Crippen LogP contribution is -2.49. The fourth-order valence-corrected chi connectivity index (χ4v) is 3.01. The van der Waals surface area contributed by atoms with Crippen molar-refractivity contribution in [2.75, 3.05) is 85.6 Å². The molecule has 0 aromatic rings. The zero-order chi connectivity index (χ0) is 20.9. The van der Waals surface area contributed by atoms with Gasteiger partial charge >= 0.3 is 11.9 Å². The molecule has 1 aliphatic heterocycles. The van der Waals surface area contributed by atoms with E-state index < -0.39 is 11.9 Å². The van der Waals surface area contributed by atoms with E-state index in [0.717, 1.165) is 6.29 Å². The number of nitrogens with one attached hydrogen (secondary N) is 1. The first-order valence-electron chi connectivity index (χ1n) is 9.31. The molecule has 3 N–H and O–H groups in total. The maximum atomic E-state index is 11.8. The number of rotatable bonds is 8. The highest BCUT2D eigenvalue weighted by Gasteiger charge is 2.19. The second-order valence-corrected chi connectivity index (χ2v) is 6.76. The average molecular weight is 401 g/mol. The van der Waals surface area contributed by atoms with Crippen molar-refractivity contribution in [2.45, 2.75) is 0 Å². The van der Waals surface area contributed by atoms with E-state index in [2.05, 4.69) is 5.32 Å². The summed E-state index contributed by atoms with van der Waals surface area (Å²) < 4.78 is 0. The quantitative estimate of drug-likeness (QED) is 0.370. The van der Waals surface area contributed by atoms with E-state index in [1.807, 2.05) is 9.80 Å². The Kier molecular flexibility index (Phi) is 11.3. The van der Waals surface area contributed by atoms with Gasteiger partial charge in [0.15, 0.2) is 0 Å². The monoisotopic (exact) mass is 401 g/mol. The minimum Gasteiger partial charge on any atom is -0.480 e. The number of likely N-dealkylation sites (N-methyl/N-ethyl adjacent to an activating group) is 1. The molecule has 1 fully saturated rings. The van der Waals surface area contributed by atoms with Gasteiger partial charge < -0.3 is 20.3 Å². The molecule has 0 aromatic heterocycles. The summed E-state index contributed by atoms with van der Waals surface area (Å²) in [4.78, 5) is 52.4. The zero-order valence-corrected chi connectivity index (χ0v) is 16.4. The average Bonchev–Trinajstić information content (AvgIpc) is 2.62. The van der Waals surface area contributed by atoms with Crippen LogP contribution in [0, 0.1) is 0 Å². The van der Waals surface area contributed by atoms with Crippen LogP contribution < -0.4 is 5.32 Å². The zero-order valence-electron chi connectivity index (χ0n) is 16.4. The minimum absolute atomic E-state index is 0.133. The van der Waals surface area contributed by atoms with Gasteiger partial charge in [0.1, 0.15) is 6.29 Å². The first kappa shape index (κ1) is 24.0. The molecule has 0 aliphatic carbocycles. The normalized spacial score (nSPS) is 19.3. The van der Waals surface area contributed by atoms with E-state index in [4.69, 9.17) is 10.2 Å². The molecule has 0 unspecified atom stereocenters. The van der Waals surface area contributed by atoms with E-state index in [-0.39, 0.29) is 32.1 Å². The molecule has 0 atom stereocenters. The number of aldehydes is 1. The summed E-state index contributed by atoms with van der Waals surface area (Å²) in [6.45, 7) is 3.95. The highest BCUT2D eigenvalue weighted by Crippen LogP contribution is 2.01. The smallest absolute Gasteiger partial charge is 0.317 e. The Bertz CT molecular complexity index is 532. The lowest BCUT2D eigenvalue weighted by Gasteiger charge is -2.32. The van der Waals surface area contributed by atoms with Crippen LogP contribution in [-0.4, -0.2) is 140 Å². The van der Waals surface area contributed by atoms with Crippen molar-refractivity contribution in [1.29, 1.82) is 0 Å². The summed E-state index contributed by atoms with van der Waals surface area (Å²) in [7, 11) is 1.56. The second kappa shape index (κ2) is 13.2. The Morgan fingerprint density at radius 2 is 1.11 bits per heavy atom. The Balaban J connectivity index is 2.88. The van der Waals surface area contributed by atoms with Gasteiger partial charge in [-0.05, 0) is 0 Å². The predicted molar refractivity (Wildman–Crippen MR) is 101 cm³/mol. The maximum Gasteiger partial charge on any atom is 0.317 e. The molecule has 1 heterocycles. The molecule has 160 valence electrons. The van der Waals surface area contributed by atoms with Crippen molar-refractivity contribution in [1.82, 2.24) is 24.9 Å². The summed E-state index contributed by atoms with van der Waals surface area (Å²) in [6.07, 6.45) is 0.811. The molecule has 1 saturated heterocycles. The van der Waals surface area contributed by atoms with Crippen LogP contribution in [0.1, 0.15) is 0 Å². The first-order valence-corrected chi connectivity index (χ1v) is 9.31. The molecule has 0 spiro atoms. The standard InChI is InChI=1S/C17H31N5O6/c1-18-15(24)12-20-4-2-19(10-11-23)3-5-21(13-16(25)26)8-9-22(7-6-20)14-17(27)28/h11H,2-10,12-14H2,1H3,(H,18,24)(H,25,26)(H,27,28). The van der Waals surface area contributed by atoms with Crippen molar-refractivity contribution >= 4 is 24.1 Å². The van der Waals surface area contributed by atoms with Crippen molar-refractivity contribution in [3.05, 3.63) is 0 Å². The summed E-state index contributed by atoms with van der Waals surface area (Å²) in [5.74, 6) is -2.03. The lowest BCUT2D eigenvalue weighted by atomic mass is 10.3. The van der Waals surface area contributed by atoms with Crippen LogP contribution in [0.5, 0.6) is 0 Å². The van der Waals surface area contributed by atoms with Gasteiger partial charge in [-0.3, -0.25) is 34.0 Å². The SMILES string of the molecule is CNC(=O)CN1CCN(CC=O)CCN(CC(=O)O)CCN(CC(=O)O)CC1. The van der Waals surface area contributed by atoms with Crippen molar-refractivity contribution < 1.29 is 29.4 Å². The largest absolute Gasteiger partial charge is 0.480 e. The Morgan fingerprint density at radius 1 is 0.750 bits per heavy atom. The van der Waals surface area contributed by atoms with E-state index in [1.54, 1.807) is 16.8 Å². The van der Waals surface area contributed by atoms with Crippen LogP contribution in [0.25, 0.3) is 0 Å². The fraction of sp³-hybridized carbons (Fsp3) is 0.765. The first-order chi connectivity index (χ1) is 13.3. The number of carbonyl (C=O) groups excluding carboxylic acids is 2. The predicted octanol–water partition coefficient (Wildman–Crippen LogP) is -2.68. The fourth-order valence-electron chi connectivity index (χ4n) is 3.01. The molecular formula is C17H31N5O6. The van der Waals surface area contributed by atoms with Crippen LogP contribution in [0.3, 0.4) is 0 Å². The Morgan fingerprint density at radius 3 is 1.43 bits per heavy atom.